The number of hydrazine groups is 1. The van der Waals surface area contributed by atoms with Gasteiger partial charge in [0.25, 0.3) is 0 Å². The molecule has 1 atom stereocenters. The van der Waals surface area contributed by atoms with Gasteiger partial charge in [0.05, 0.1) is 0 Å². The van der Waals surface area contributed by atoms with Crippen LogP contribution in [0.3, 0.4) is 0 Å². The Balaban J connectivity index is 2.32. The number of pyridine rings is 1. The maximum Gasteiger partial charge on any atom is 0.0478 e. The van der Waals surface area contributed by atoms with Crippen molar-refractivity contribution in [2.45, 2.75) is 12.5 Å². The summed E-state index contributed by atoms with van der Waals surface area (Å²) in [5, 5.41) is 2.37. The summed E-state index contributed by atoms with van der Waals surface area (Å²) in [5.41, 5.74) is 4.12. The number of nitrogens with one attached hydrogen (secondary N) is 1. The first-order chi connectivity index (χ1) is 8.72. The molecule has 96 valence electrons. The van der Waals surface area contributed by atoms with E-state index in [9.17, 15) is 0 Å². The molecular formula is C14H20N4. The van der Waals surface area contributed by atoms with Crippen LogP contribution in [0.2, 0.25) is 0 Å². The lowest BCUT2D eigenvalue weighted by molar-refractivity contribution is 0.363. The lowest BCUT2D eigenvalue weighted by Crippen LogP contribution is -2.30. The summed E-state index contributed by atoms with van der Waals surface area (Å²) in [6.45, 7) is 0.992. The van der Waals surface area contributed by atoms with Crippen molar-refractivity contribution in [2.24, 2.45) is 5.84 Å². The van der Waals surface area contributed by atoms with E-state index in [0.717, 1.165) is 13.0 Å². The van der Waals surface area contributed by atoms with E-state index in [1.807, 2.05) is 18.5 Å². The Morgan fingerprint density at radius 3 is 2.89 bits per heavy atom. The van der Waals surface area contributed by atoms with Crippen molar-refractivity contribution in [1.82, 2.24) is 15.3 Å². The van der Waals surface area contributed by atoms with Crippen LogP contribution >= 0.6 is 0 Å². The van der Waals surface area contributed by atoms with E-state index in [4.69, 9.17) is 5.84 Å². The van der Waals surface area contributed by atoms with Crippen LogP contribution in [-0.2, 0) is 0 Å². The highest BCUT2D eigenvalue weighted by molar-refractivity contribution is 5.85. The van der Waals surface area contributed by atoms with Gasteiger partial charge in [-0.05, 0) is 44.1 Å². The summed E-state index contributed by atoms with van der Waals surface area (Å²) in [7, 11) is 4.14. The Morgan fingerprint density at radius 2 is 2.17 bits per heavy atom. The van der Waals surface area contributed by atoms with Gasteiger partial charge in [0.15, 0.2) is 0 Å². The SMILES string of the molecule is CN(C)CCC(NN)c1cccc2ccncc12. The van der Waals surface area contributed by atoms with Gasteiger partial charge in [-0.3, -0.25) is 16.3 Å². The predicted octanol–water partition coefficient (Wildman–Crippen LogP) is 1.69. The topological polar surface area (TPSA) is 54.2 Å². The van der Waals surface area contributed by atoms with E-state index in [1.54, 1.807) is 0 Å². The van der Waals surface area contributed by atoms with Crippen molar-refractivity contribution < 1.29 is 0 Å². The largest absolute Gasteiger partial charge is 0.309 e. The molecule has 2 rings (SSSR count). The first-order valence-electron chi connectivity index (χ1n) is 6.16. The van der Waals surface area contributed by atoms with Gasteiger partial charge in [-0.15, -0.1) is 0 Å². The van der Waals surface area contributed by atoms with E-state index < -0.39 is 0 Å². The smallest absolute Gasteiger partial charge is 0.0478 e. The van der Waals surface area contributed by atoms with Crippen LogP contribution in [0, 0.1) is 0 Å². The van der Waals surface area contributed by atoms with Crippen LogP contribution in [0.15, 0.2) is 36.7 Å². The molecule has 0 saturated heterocycles. The van der Waals surface area contributed by atoms with Crippen LogP contribution in [0.25, 0.3) is 10.8 Å². The fourth-order valence-electron chi connectivity index (χ4n) is 2.16. The number of aromatic nitrogens is 1. The van der Waals surface area contributed by atoms with Crippen molar-refractivity contribution >= 4 is 10.8 Å². The van der Waals surface area contributed by atoms with Crippen LogP contribution in [0.1, 0.15) is 18.0 Å². The van der Waals surface area contributed by atoms with Crippen molar-refractivity contribution in [3.63, 3.8) is 0 Å². The van der Waals surface area contributed by atoms with Gasteiger partial charge >= 0.3 is 0 Å². The highest BCUT2D eigenvalue weighted by Crippen LogP contribution is 2.25. The molecule has 4 heteroatoms. The summed E-state index contributed by atoms with van der Waals surface area (Å²) >= 11 is 0. The quantitative estimate of drug-likeness (QED) is 0.621. The molecule has 2 aromatic rings. The number of hydrogen-bond donors (Lipinski definition) is 2. The monoisotopic (exact) mass is 244 g/mol. The van der Waals surface area contributed by atoms with E-state index >= 15 is 0 Å². The lowest BCUT2D eigenvalue weighted by atomic mass is 9.98. The zero-order valence-corrected chi connectivity index (χ0v) is 10.9. The maximum absolute atomic E-state index is 5.69. The molecule has 0 radical (unpaired) electrons. The number of benzene rings is 1. The molecule has 0 aliphatic rings. The van der Waals surface area contributed by atoms with Crippen LogP contribution in [-0.4, -0.2) is 30.5 Å². The zero-order valence-electron chi connectivity index (χ0n) is 10.9. The summed E-state index contributed by atoms with van der Waals surface area (Å²) in [4.78, 5) is 6.37. The zero-order chi connectivity index (χ0) is 13.0. The molecule has 3 N–H and O–H groups in total. The third-order valence-electron chi connectivity index (χ3n) is 3.16. The number of nitrogens with zero attached hydrogens (tertiary/aromatic N) is 2. The summed E-state index contributed by atoms with van der Waals surface area (Å²) in [6, 6.07) is 8.46. The van der Waals surface area contributed by atoms with E-state index in [2.05, 4.69) is 47.6 Å². The van der Waals surface area contributed by atoms with Gasteiger partial charge in [-0.1, -0.05) is 18.2 Å². The van der Waals surface area contributed by atoms with Gasteiger partial charge in [0, 0.05) is 23.8 Å². The summed E-state index contributed by atoms with van der Waals surface area (Å²) in [6.07, 6.45) is 4.69. The number of nitrogens with two attached hydrogens (primary N) is 1. The molecule has 1 aromatic carbocycles. The minimum absolute atomic E-state index is 0.153. The minimum atomic E-state index is 0.153. The van der Waals surface area contributed by atoms with Crippen molar-refractivity contribution in [1.29, 1.82) is 0 Å². The molecule has 0 saturated carbocycles. The second-order valence-electron chi connectivity index (χ2n) is 4.76. The second kappa shape index (κ2) is 5.91. The van der Waals surface area contributed by atoms with Gasteiger partial charge < -0.3 is 4.90 Å². The molecule has 0 spiro atoms. The Morgan fingerprint density at radius 1 is 1.33 bits per heavy atom. The highest BCUT2D eigenvalue weighted by atomic mass is 15.2. The van der Waals surface area contributed by atoms with E-state index in [-0.39, 0.29) is 6.04 Å². The molecule has 0 bridgehead atoms. The Kier molecular flexibility index (Phi) is 4.25. The molecule has 0 fully saturated rings. The third kappa shape index (κ3) is 2.85. The molecule has 1 heterocycles. The Hall–Kier alpha value is -1.49. The summed E-state index contributed by atoms with van der Waals surface area (Å²) < 4.78 is 0. The molecule has 0 aliphatic carbocycles. The van der Waals surface area contributed by atoms with Crippen LogP contribution in [0.4, 0.5) is 0 Å². The van der Waals surface area contributed by atoms with Gasteiger partial charge in [-0.2, -0.15) is 0 Å². The number of rotatable bonds is 5. The molecular weight excluding hydrogens is 224 g/mol. The first-order valence-corrected chi connectivity index (χ1v) is 6.16. The normalized spacial score (nSPS) is 13.1. The first kappa shape index (κ1) is 13.0. The van der Waals surface area contributed by atoms with Gasteiger partial charge in [0.1, 0.15) is 0 Å². The molecule has 1 aromatic heterocycles. The average Bonchev–Trinajstić information content (AvgIpc) is 2.39. The standard InChI is InChI=1S/C14H20N4/c1-18(2)9-7-14(17-15)12-5-3-4-11-6-8-16-10-13(11)12/h3-6,8,10,14,17H,7,9,15H2,1-2H3. The molecule has 18 heavy (non-hydrogen) atoms. The lowest BCUT2D eigenvalue weighted by Gasteiger charge is -2.20. The van der Waals surface area contributed by atoms with Crippen molar-refractivity contribution in [2.75, 3.05) is 20.6 Å². The van der Waals surface area contributed by atoms with Crippen molar-refractivity contribution in [3.05, 3.63) is 42.2 Å². The molecule has 0 aliphatic heterocycles. The molecule has 1 unspecified atom stereocenters. The number of hydrogen-bond acceptors (Lipinski definition) is 4. The van der Waals surface area contributed by atoms with Crippen LogP contribution in [0.5, 0.6) is 0 Å². The molecule has 4 nitrogen and oxygen atoms in total. The van der Waals surface area contributed by atoms with E-state index in [1.165, 1.54) is 16.3 Å². The fourth-order valence-corrected chi connectivity index (χ4v) is 2.16. The van der Waals surface area contributed by atoms with Gasteiger partial charge in [0.2, 0.25) is 0 Å². The van der Waals surface area contributed by atoms with E-state index in [0.29, 0.717) is 0 Å². The Labute approximate surface area is 108 Å². The molecule has 0 amide bonds. The maximum atomic E-state index is 5.69. The highest BCUT2D eigenvalue weighted by Gasteiger charge is 2.12. The number of fused-ring (bicyclic) bond motifs is 1. The fraction of sp³-hybridized carbons (Fsp3) is 0.357. The van der Waals surface area contributed by atoms with Gasteiger partial charge in [-0.25, -0.2) is 0 Å². The third-order valence-corrected chi connectivity index (χ3v) is 3.16. The van der Waals surface area contributed by atoms with Crippen molar-refractivity contribution in [3.8, 4) is 0 Å². The van der Waals surface area contributed by atoms with Crippen LogP contribution < -0.4 is 11.3 Å². The predicted molar refractivity (Wildman–Crippen MR) is 75.0 cm³/mol. The average molecular weight is 244 g/mol. The Bertz CT molecular complexity index is 505. The minimum Gasteiger partial charge on any atom is -0.309 e. The second-order valence-corrected chi connectivity index (χ2v) is 4.76. The summed E-state index contributed by atoms with van der Waals surface area (Å²) in [5.74, 6) is 5.69.